The lowest BCUT2D eigenvalue weighted by Gasteiger charge is -2.22. The zero-order valence-corrected chi connectivity index (χ0v) is 13.5. The Labute approximate surface area is 126 Å². The van der Waals surface area contributed by atoms with Gasteiger partial charge in [-0.15, -0.1) is 0 Å². The number of ether oxygens (including phenoxy) is 1. The fourth-order valence-corrected chi connectivity index (χ4v) is 2.54. The number of methoxy groups -OCH3 is 1. The number of hydrogen-bond donors (Lipinski definition) is 1. The molecule has 0 saturated heterocycles. The Morgan fingerprint density at radius 2 is 2.19 bits per heavy atom. The molecule has 1 N–H and O–H groups in total. The maximum absolute atomic E-state index is 5.52. The number of rotatable bonds is 7. The minimum absolute atomic E-state index is 0.0172. The molecule has 0 fully saturated rings. The monoisotopic (exact) mass is 291 g/mol. The van der Waals surface area contributed by atoms with Crippen molar-refractivity contribution in [3.05, 3.63) is 35.5 Å². The van der Waals surface area contributed by atoms with E-state index >= 15 is 0 Å². The van der Waals surface area contributed by atoms with Gasteiger partial charge in [-0.1, -0.05) is 6.92 Å². The SMILES string of the molecule is CCCNC(c1ccoc1C)c1c(OC)cnn1C(C)C. The number of aromatic nitrogens is 2. The average molecular weight is 291 g/mol. The molecule has 2 aromatic rings. The van der Waals surface area contributed by atoms with Crippen LogP contribution in [0.5, 0.6) is 5.75 Å². The van der Waals surface area contributed by atoms with E-state index in [1.807, 2.05) is 17.7 Å². The lowest BCUT2D eigenvalue weighted by Crippen LogP contribution is -2.27. The maximum atomic E-state index is 5.52. The standard InChI is InChI=1S/C16H25N3O2/c1-6-8-17-15(13-7-9-21-12(13)4)16-14(20-5)10-18-19(16)11(2)3/h7,9-11,15,17H,6,8H2,1-5H3. The van der Waals surface area contributed by atoms with Crippen LogP contribution in [0.1, 0.15) is 56.3 Å². The number of hydrogen-bond acceptors (Lipinski definition) is 4. The molecule has 0 spiro atoms. The van der Waals surface area contributed by atoms with E-state index in [2.05, 4.69) is 31.2 Å². The second-order valence-electron chi connectivity index (χ2n) is 5.46. The Kier molecular flexibility index (Phi) is 5.07. The van der Waals surface area contributed by atoms with Crippen molar-refractivity contribution in [1.29, 1.82) is 0 Å². The minimum atomic E-state index is 0.0172. The van der Waals surface area contributed by atoms with Crippen molar-refractivity contribution in [1.82, 2.24) is 15.1 Å². The topological polar surface area (TPSA) is 52.2 Å². The number of nitrogens with one attached hydrogen (secondary N) is 1. The molecule has 0 radical (unpaired) electrons. The molecule has 116 valence electrons. The summed E-state index contributed by atoms with van der Waals surface area (Å²) >= 11 is 0. The van der Waals surface area contributed by atoms with Crippen molar-refractivity contribution in [2.24, 2.45) is 0 Å². The molecular weight excluding hydrogens is 266 g/mol. The lowest BCUT2D eigenvalue weighted by molar-refractivity contribution is 0.392. The lowest BCUT2D eigenvalue weighted by atomic mass is 10.0. The van der Waals surface area contributed by atoms with E-state index in [0.717, 1.165) is 35.7 Å². The van der Waals surface area contributed by atoms with Gasteiger partial charge in [0, 0.05) is 11.6 Å². The molecule has 0 aliphatic carbocycles. The van der Waals surface area contributed by atoms with Gasteiger partial charge in [-0.3, -0.25) is 4.68 Å². The quantitative estimate of drug-likeness (QED) is 0.848. The smallest absolute Gasteiger partial charge is 0.161 e. The fraction of sp³-hybridized carbons (Fsp3) is 0.562. The van der Waals surface area contributed by atoms with Gasteiger partial charge in [-0.25, -0.2) is 0 Å². The van der Waals surface area contributed by atoms with E-state index in [4.69, 9.17) is 9.15 Å². The summed E-state index contributed by atoms with van der Waals surface area (Å²) < 4.78 is 13.0. The van der Waals surface area contributed by atoms with Crippen LogP contribution in [-0.2, 0) is 0 Å². The number of aryl methyl sites for hydroxylation is 1. The van der Waals surface area contributed by atoms with Crippen LogP contribution in [0.2, 0.25) is 0 Å². The molecule has 2 aromatic heterocycles. The molecule has 0 aliphatic rings. The summed E-state index contributed by atoms with van der Waals surface area (Å²) in [7, 11) is 1.68. The molecule has 5 nitrogen and oxygen atoms in total. The van der Waals surface area contributed by atoms with E-state index in [0.29, 0.717) is 0 Å². The number of nitrogens with zero attached hydrogens (tertiary/aromatic N) is 2. The first-order valence-corrected chi connectivity index (χ1v) is 7.48. The molecule has 1 atom stereocenters. The second-order valence-corrected chi connectivity index (χ2v) is 5.46. The first-order chi connectivity index (χ1) is 10.1. The summed E-state index contributed by atoms with van der Waals surface area (Å²) in [5, 5.41) is 8.06. The Hall–Kier alpha value is -1.75. The van der Waals surface area contributed by atoms with Crippen LogP contribution >= 0.6 is 0 Å². The molecule has 0 aromatic carbocycles. The summed E-state index contributed by atoms with van der Waals surface area (Å²) in [4.78, 5) is 0. The van der Waals surface area contributed by atoms with E-state index < -0.39 is 0 Å². The summed E-state index contributed by atoms with van der Waals surface area (Å²) in [6.07, 6.45) is 4.57. The predicted octanol–water partition coefficient (Wildman–Crippen LogP) is 3.46. The summed E-state index contributed by atoms with van der Waals surface area (Å²) in [5.41, 5.74) is 2.18. The molecule has 0 bridgehead atoms. The van der Waals surface area contributed by atoms with Gasteiger partial charge in [0.05, 0.1) is 25.6 Å². The van der Waals surface area contributed by atoms with Crippen molar-refractivity contribution in [2.75, 3.05) is 13.7 Å². The predicted molar refractivity (Wildman–Crippen MR) is 82.7 cm³/mol. The minimum Gasteiger partial charge on any atom is -0.493 e. The van der Waals surface area contributed by atoms with Crippen molar-refractivity contribution < 1.29 is 9.15 Å². The normalized spacial score (nSPS) is 12.9. The molecule has 0 aliphatic heterocycles. The van der Waals surface area contributed by atoms with Crippen LogP contribution < -0.4 is 10.1 Å². The van der Waals surface area contributed by atoms with Crippen molar-refractivity contribution in [2.45, 2.75) is 46.2 Å². The summed E-state index contributed by atoms with van der Waals surface area (Å²) in [6.45, 7) is 9.30. The highest BCUT2D eigenvalue weighted by atomic mass is 16.5. The van der Waals surface area contributed by atoms with Gasteiger partial charge in [0.15, 0.2) is 5.75 Å². The zero-order chi connectivity index (χ0) is 15.4. The van der Waals surface area contributed by atoms with Crippen LogP contribution in [0.4, 0.5) is 0 Å². The van der Waals surface area contributed by atoms with Gasteiger partial charge < -0.3 is 14.5 Å². The number of furan rings is 1. The maximum Gasteiger partial charge on any atom is 0.161 e. The van der Waals surface area contributed by atoms with Gasteiger partial charge in [0.25, 0.3) is 0 Å². The molecule has 2 rings (SSSR count). The molecule has 1 unspecified atom stereocenters. The Balaban J connectivity index is 2.50. The van der Waals surface area contributed by atoms with Gasteiger partial charge in [0.1, 0.15) is 11.5 Å². The van der Waals surface area contributed by atoms with Crippen molar-refractivity contribution in [3.63, 3.8) is 0 Å². The summed E-state index contributed by atoms with van der Waals surface area (Å²) in [6, 6.07) is 2.30. The van der Waals surface area contributed by atoms with E-state index in [-0.39, 0.29) is 12.1 Å². The van der Waals surface area contributed by atoms with Crippen LogP contribution in [0.3, 0.4) is 0 Å². The van der Waals surface area contributed by atoms with Gasteiger partial charge in [0.2, 0.25) is 0 Å². The van der Waals surface area contributed by atoms with Gasteiger partial charge in [-0.2, -0.15) is 5.10 Å². The first-order valence-electron chi connectivity index (χ1n) is 7.48. The van der Waals surface area contributed by atoms with E-state index in [9.17, 15) is 0 Å². The molecule has 0 amide bonds. The van der Waals surface area contributed by atoms with Crippen LogP contribution in [0.15, 0.2) is 22.9 Å². The van der Waals surface area contributed by atoms with E-state index in [1.165, 1.54) is 0 Å². The first kappa shape index (κ1) is 15.6. The van der Waals surface area contributed by atoms with Gasteiger partial charge >= 0.3 is 0 Å². The van der Waals surface area contributed by atoms with Crippen LogP contribution in [0.25, 0.3) is 0 Å². The van der Waals surface area contributed by atoms with Crippen LogP contribution in [-0.4, -0.2) is 23.4 Å². The fourth-order valence-electron chi connectivity index (χ4n) is 2.54. The van der Waals surface area contributed by atoms with Crippen molar-refractivity contribution in [3.8, 4) is 5.75 Å². The van der Waals surface area contributed by atoms with Crippen LogP contribution in [0, 0.1) is 6.92 Å². The molecule has 2 heterocycles. The van der Waals surface area contributed by atoms with E-state index in [1.54, 1.807) is 19.6 Å². The Morgan fingerprint density at radius 3 is 2.71 bits per heavy atom. The zero-order valence-electron chi connectivity index (χ0n) is 13.5. The largest absolute Gasteiger partial charge is 0.493 e. The second kappa shape index (κ2) is 6.80. The van der Waals surface area contributed by atoms with Gasteiger partial charge in [-0.05, 0) is 39.8 Å². The Morgan fingerprint density at radius 1 is 1.43 bits per heavy atom. The highest BCUT2D eigenvalue weighted by molar-refractivity contribution is 5.37. The third-order valence-electron chi connectivity index (χ3n) is 3.59. The molecule has 0 saturated carbocycles. The summed E-state index contributed by atoms with van der Waals surface area (Å²) in [5.74, 6) is 1.72. The third kappa shape index (κ3) is 3.13. The molecule has 5 heteroatoms. The van der Waals surface area contributed by atoms with Crippen molar-refractivity contribution >= 4 is 0 Å². The molecular formula is C16H25N3O2. The highest BCUT2D eigenvalue weighted by Gasteiger charge is 2.26. The third-order valence-corrected chi connectivity index (χ3v) is 3.59. The average Bonchev–Trinajstić information content (AvgIpc) is 3.06. The highest BCUT2D eigenvalue weighted by Crippen LogP contribution is 2.33. The Bertz CT molecular complexity index is 572. The molecule has 21 heavy (non-hydrogen) atoms.